The number of cyclic esters (lactones) is 1. The summed E-state index contributed by atoms with van der Waals surface area (Å²) in [4.78, 5) is 27.6. The number of ether oxygens (including phenoxy) is 13. The minimum atomic E-state index is -5.26. The van der Waals surface area contributed by atoms with Crippen LogP contribution in [0.1, 0.15) is 120 Å². The number of carbonyl (C=O) groups is 2. The molecule has 90 heavy (non-hydrogen) atoms. The normalized spacial score (nSPS) is 50.3. The van der Waals surface area contributed by atoms with Gasteiger partial charge in [0.05, 0.1) is 50.0 Å². The first-order valence-electron chi connectivity index (χ1n) is 31.6. The molecule has 3 saturated carbocycles. The van der Waals surface area contributed by atoms with E-state index in [9.17, 15) is 73.6 Å². The van der Waals surface area contributed by atoms with Crippen molar-refractivity contribution < 1.29 is 139 Å². The minimum Gasteiger partial charge on any atom is -0.462 e. The third kappa shape index (κ3) is 12.6. The van der Waals surface area contributed by atoms with E-state index in [0.717, 1.165) is 18.4 Å². The van der Waals surface area contributed by atoms with Gasteiger partial charge in [0.2, 0.25) is 0 Å². The third-order valence-electron chi connectivity index (χ3n) is 22.1. The number of rotatable bonds is 19. The summed E-state index contributed by atoms with van der Waals surface area (Å²) in [6.07, 6.45) is -31.4. The highest BCUT2D eigenvalue weighted by Gasteiger charge is 2.79. The molecule has 31 atom stereocenters. The zero-order valence-electron chi connectivity index (χ0n) is 52.6. The Morgan fingerprint density at radius 2 is 1.32 bits per heavy atom. The number of aliphatic hydroxyl groups excluding tert-OH is 10. The van der Waals surface area contributed by atoms with Crippen LogP contribution >= 0.6 is 0 Å². The van der Waals surface area contributed by atoms with E-state index in [0.29, 0.717) is 50.9 Å². The second-order valence-corrected chi connectivity index (χ2v) is 29.5. The molecule has 0 amide bonds. The van der Waals surface area contributed by atoms with Gasteiger partial charge in [0, 0.05) is 19.4 Å². The highest BCUT2D eigenvalue weighted by atomic mass is 32.3. The lowest BCUT2D eigenvalue weighted by Crippen LogP contribution is -2.67. The highest BCUT2D eigenvalue weighted by molar-refractivity contribution is 7.80. The van der Waals surface area contributed by atoms with Crippen molar-refractivity contribution >= 4 is 22.3 Å². The monoisotopic (exact) mass is 1310 g/mol. The van der Waals surface area contributed by atoms with Crippen LogP contribution in [0.5, 0.6) is 0 Å². The molecule has 10 aliphatic rings. The van der Waals surface area contributed by atoms with Crippen LogP contribution in [0.15, 0.2) is 11.6 Å². The van der Waals surface area contributed by atoms with Crippen molar-refractivity contribution in [1.82, 2.24) is 0 Å². The summed E-state index contributed by atoms with van der Waals surface area (Å²) in [7, 11) is -4.04. The second-order valence-electron chi connectivity index (χ2n) is 28.4. The fourth-order valence-corrected chi connectivity index (χ4v) is 18.2. The van der Waals surface area contributed by atoms with Crippen molar-refractivity contribution in [3.05, 3.63) is 11.6 Å². The maximum absolute atomic E-state index is 14.8. The summed E-state index contributed by atoms with van der Waals surface area (Å²) in [6, 6.07) is 0. The van der Waals surface area contributed by atoms with Crippen LogP contribution in [-0.2, 0) is 85.8 Å². The highest BCUT2D eigenvalue weighted by Crippen LogP contribution is 2.77. The number of methoxy groups -OCH3 is 1. The molecule has 6 heterocycles. The van der Waals surface area contributed by atoms with Gasteiger partial charge >= 0.3 is 22.3 Å². The summed E-state index contributed by atoms with van der Waals surface area (Å²) in [5, 5.41) is 111. The molecule has 31 unspecified atom stereocenters. The van der Waals surface area contributed by atoms with Crippen LogP contribution in [0, 0.1) is 45.3 Å². The van der Waals surface area contributed by atoms with E-state index in [1.807, 2.05) is 6.92 Å². The maximum atomic E-state index is 14.8. The summed E-state index contributed by atoms with van der Waals surface area (Å²) < 4.78 is 118. The molecule has 0 aromatic carbocycles. The van der Waals surface area contributed by atoms with Crippen LogP contribution in [0.3, 0.4) is 0 Å². The molecule has 0 bridgehead atoms. The summed E-state index contributed by atoms with van der Waals surface area (Å²) in [5.41, 5.74) is -2.38. The molecule has 4 aliphatic carbocycles. The topological polar surface area (TPSA) is 420 Å². The SMILES string of the molecule is COC1C(O)COC(OC2C(O)C(CO)OC(OC3C(C)OC(OC4C(OC5CCC6(C)C7CCC89C(=O)OC(C)(CCCC(C)C)C8C(OC(C)=O)CC9(C)C7=CCC6C5(C)C)OCC(OS(=O)(=O)O)C4O)C(OC4OCC(O)C(O)C4O)C3O)C2O)C1O. The molecule has 0 aromatic heterocycles. The van der Waals surface area contributed by atoms with Gasteiger partial charge in [0.15, 0.2) is 31.5 Å². The van der Waals surface area contributed by atoms with Crippen molar-refractivity contribution in [2.75, 3.05) is 33.5 Å². The van der Waals surface area contributed by atoms with Crippen molar-refractivity contribution in [3.8, 4) is 0 Å². The van der Waals surface area contributed by atoms with Crippen LogP contribution in [0.25, 0.3) is 0 Å². The zero-order valence-corrected chi connectivity index (χ0v) is 53.4. The van der Waals surface area contributed by atoms with E-state index in [2.05, 4.69) is 47.6 Å². The second kappa shape index (κ2) is 26.6. The molecule has 516 valence electrons. The minimum absolute atomic E-state index is 0.000118. The first kappa shape index (κ1) is 70.5. The molecule has 29 nitrogen and oxygen atoms in total. The van der Waals surface area contributed by atoms with E-state index >= 15 is 0 Å². The Kier molecular flexibility index (Phi) is 20.8. The van der Waals surface area contributed by atoms with E-state index in [-0.39, 0.29) is 35.7 Å². The smallest absolute Gasteiger partial charge is 0.397 e. The number of esters is 2. The summed E-state index contributed by atoms with van der Waals surface area (Å²) in [5.74, 6) is -0.637. The van der Waals surface area contributed by atoms with Crippen LogP contribution in [0.2, 0.25) is 0 Å². The molecule has 11 N–H and O–H groups in total. The number of carbonyl (C=O) groups excluding carboxylic acids is 2. The Labute approximate surface area is 523 Å². The van der Waals surface area contributed by atoms with Crippen LogP contribution in [-0.4, -0.2) is 263 Å². The number of hydrogen-bond acceptors (Lipinski definition) is 28. The first-order chi connectivity index (χ1) is 42.2. The number of allylic oxidation sites excluding steroid dienone is 2. The molecular formula is C60H96O29S. The van der Waals surface area contributed by atoms with Crippen molar-refractivity contribution in [3.63, 3.8) is 0 Å². The fraction of sp³-hybridized carbons (Fsp3) is 0.933. The van der Waals surface area contributed by atoms with Gasteiger partial charge in [-0.05, 0) is 93.8 Å². The van der Waals surface area contributed by atoms with Gasteiger partial charge in [-0.3, -0.25) is 14.1 Å². The molecule has 10 rings (SSSR count). The lowest BCUT2D eigenvalue weighted by molar-refractivity contribution is -0.402. The zero-order chi connectivity index (χ0) is 65.7. The van der Waals surface area contributed by atoms with E-state index in [4.69, 9.17) is 65.8 Å². The molecule has 6 aliphatic heterocycles. The Bertz CT molecular complexity index is 2670. The quantitative estimate of drug-likeness (QED) is 0.0427. The van der Waals surface area contributed by atoms with E-state index in [1.54, 1.807) is 0 Å². The molecule has 0 radical (unpaired) electrons. The Morgan fingerprint density at radius 1 is 0.700 bits per heavy atom. The molecule has 1 spiro atoms. The lowest BCUT2D eigenvalue weighted by Gasteiger charge is -2.64. The standard InChI is InChI=1S/C60H96O29S/c1-25(2)12-11-17-59(9)49-32(81-27(4)62)20-58(8)29-13-14-35-56(5,6)36(16-18-57(35,7)28(29)15-19-60(49,58)55(72)88-59)83-53-47(39(67)34(24-79-53)89-90(73,74)75)87-54-48(86-50-40(68)37(65)30(63)22-77-50)41(69)44(26(3)80-54)84-52-43(71)46(38(66)33(21-61)82-52)85-51-42(70)45(76-10)31(64)23-78-51/h13,25-26,28,30-54,61,63-71H,11-12,14-24H2,1-10H3,(H,73,74,75). The summed E-state index contributed by atoms with van der Waals surface area (Å²) >= 11 is 0. The van der Waals surface area contributed by atoms with Gasteiger partial charge in [0.1, 0.15) is 109 Å². The van der Waals surface area contributed by atoms with Crippen molar-refractivity contribution in [2.24, 2.45) is 45.3 Å². The predicted octanol–water partition coefficient (Wildman–Crippen LogP) is -0.837. The van der Waals surface area contributed by atoms with Gasteiger partial charge in [-0.15, -0.1) is 0 Å². The van der Waals surface area contributed by atoms with Gasteiger partial charge in [-0.2, -0.15) is 8.42 Å². The van der Waals surface area contributed by atoms with Gasteiger partial charge in [-0.1, -0.05) is 59.6 Å². The number of hydrogen-bond donors (Lipinski definition) is 11. The average Bonchev–Trinajstić information content (AvgIpc) is 1.52. The lowest BCUT2D eigenvalue weighted by atomic mass is 9.41. The van der Waals surface area contributed by atoms with Crippen LogP contribution < -0.4 is 0 Å². The third-order valence-corrected chi connectivity index (χ3v) is 22.6. The summed E-state index contributed by atoms with van der Waals surface area (Å²) in [6.45, 7) is 15.2. The Balaban J connectivity index is 0.914. The van der Waals surface area contributed by atoms with E-state index < -0.39 is 205 Å². The van der Waals surface area contributed by atoms with Crippen molar-refractivity contribution in [1.29, 1.82) is 0 Å². The van der Waals surface area contributed by atoms with Gasteiger partial charge in [0.25, 0.3) is 0 Å². The molecule has 0 aromatic rings. The Morgan fingerprint density at radius 3 is 1.98 bits per heavy atom. The van der Waals surface area contributed by atoms with Crippen molar-refractivity contribution in [2.45, 2.75) is 273 Å². The Hall–Kier alpha value is -2.29. The molecule has 30 heteroatoms. The molecule has 6 saturated heterocycles. The molecular weight excluding hydrogens is 1220 g/mol. The average molecular weight is 1310 g/mol. The largest absolute Gasteiger partial charge is 0.462 e. The van der Waals surface area contributed by atoms with Gasteiger partial charge in [-0.25, -0.2) is 4.18 Å². The van der Waals surface area contributed by atoms with E-state index in [1.165, 1.54) is 21.0 Å². The van der Waals surface area contributed by atoms with Gasteiger partial charge < -0.3 is 113 Å². The first-order valence-corrected chi connectivity index (χ1v) is 33.0. The predicted molar refractivity (Wildman–Crippen MR) is 302 cm³/mol. The fourth-order valence-electron chi connectivity index (χ4n) is 17.7. The molecule has 9 fully saturated rings. The number of aliphatic hydroxyl groups is 10. The van der Waals surface area contributed by atoms with Crippen LogP contribution in [0.4, 0.5) is 0 Å². The maximum Gasteiger partial charge on any atom is 0.397 e. The number of fused-ring (bicyclic) bond motifs is 4.